The third-order valence-electron chi connectivity index (χ3n) is 3.33. The minimum atomic E-state index is 0.376. The van der Waals surface area contributed by atoms with Crippen molar-refractivity contribution in [3.05, 3.63) is 76.4 Å². The fourth-order valence-corrected chi connectivity index (χ4v) is 2.92. The Bertz CT molecular complexity index is 521. The molecule has 0 N–H and O–H groups in total. The van der Waals surface area contributed by atoms with E-state index < -0.39 is 0 Å². The maximum absolute atomic E-state index is 3.98. The number of rotatable bonds is 7. The first kappa shape index (κ1) is 17.0. The van der Waals surface area contributed by atoms with Crippen LogP contribution in [0.1, 0.15) is 43.7 Å². The van der Waals surface area contributed by atoms with Crippen LogP contribution < -0.4 is 0 Å². The molecule has 0 aromatic heterocycles. The Kier molecular flexibility index (Phi) is 7.60. The summed E-state index contributed by atoms with van der Waals surface area (Å²) < 4.78 is 1.27. The highest BCUT2D eigenvalue weighted by Crippen LogP contribution is 2.28. The van der Waals surface area contributed by atoms with Crippen LogP contribution in [-0.2, 0) is 0 Å². The molecule has 0 spiro atoms. The SMILES string of the molecule is C=C/C=C(\CC)c1cc(I)cc(C(C=C)C/C=C\C)c1. The van der Waals surface area contributed by atoms with Gasteiger partial charge in [0.05, 0.1) is 0 Å². The van der Waals surface area contributed by atoms with E-state index in [1.807, 2.05) is 12.2 Å². The summed E-state index contributed by atoms with van der Waals surface area (Å²) >= 11 is 2.39. The first-order valence-electron chi connectivity index (χ1n) is 7.02. The van der Waals surface area contributed by atoms with E-state index >= 15 is 0 Å². The van der Waals surface area contributed by atoms with Gasteiger partial charge in [-0.3, -0.25) is 0 Å². The van der Waals surface area contributed by atoms with Gasteiger partial charge in [-0.25, -0.2) is 0 Å². The molecule has 106 valence electrons. The Hall–Kier alpha value is -1.09. The van der Waals surface area contributed by atoms with Crippen LogP contribution in [0.25, 0.3) is 5.57 Å². The van der Waals surface area contributed by atoms with Gasteiger partial charge in [-0.2, -0.15) is 0 Å². The van der Waals surface area contributed by atoms with Crippen molar-refractivity contribution in [3.8, 4) is 0 Å². The second kappa shape index (κ2) is 8.96. The third-order valence-corrected chi connectivity index (χ3v) is 3.95. The third kappa shape index (κ3) is 4.78. The molecule has 0 fully saturated rings. The molecule has 1 aromatic carbocycles. The summed E-state index contributed by atoms with van der Waals surface area (Å²) in [6, 6.07) is 6.77. The Balaban J connectivity index is 3.22. The maximum Gasteiger partial charge on any atom is 0.0139 e. The molecule has 20 heavy (non-hydrogen) atoms. The van der Waals surface area contributed by atoms with Crippen molar-refractivity contribution in [2.45, 2.75) is 32.6 Å². The summed E-state index contributed by atoms with van der Waals surface area (Å²) in [6.45, 7) is 12.0. The molecule has 0 nitrogen and oxygen atoms in total. The van der Waals surface area contributed by atoms with Gasteiger partial charge in [-0.1, -0.05) is 49.9 Å². The summed E-state index contributed by atoms with van der Waals surface area (Å²) in [7, 11) is 0. The van der Waals surface area contributed by atoms with Crippen LogP contribution in [0.15, 0.2) is 61.7 Å². The van der Waals surface area contributed by atoms with Gasteiger partial charge in [0.2, 0.25) is 0 Å². The lowest BCUT2D eigenvalue weighted by Gasteiger charge is -2.14. The molecular weight excluding hydrogens is 355 g/mol. The van der Waals surface area contributed by atoms with E-state index in [-0.39, 0.29) is 0 Å². The van der Waals surface area contributed by atoms with Crippen molar-refractivity contribution in [2.24, 2.45) is 0 Å². The van der Waals surface area contributed by atoms with Gasteiger partial charge in [0.15, 0.2) is 0 Å². The van der Waals surface area contributed by atoms with Crippen molar-refractivity contribution >= 4 is 28.2 Å². The molecule has 0 aliphatic carbocycles. The topological polar surface area (TPSA) is 0 Å². The zero-order valence-electron chi connectivity index (χ0n) is 12.4. The van der Waals surface area contributed by atoms with Gasteiger partial charge in [-0.05, 0) is 71.2 Å². The molecule has 1 heteroatoms. The largest absolute Gasteiger partial charge is 0.102 e. The smallest absolute Gasteiger partial charge is 0.0139 e. The predicted octanol–water partition coefficient (Wildman–Crippen LogP) is 6.51. The van der Waals surface area contributed by atoms with Gasteiger partial charge < -0.3 is 0 Å². The number of benzene rings is 1. The molecular formula is C19H23I. The number of hydrogen-bond acceptors (Lipinski definition) is 0. The lowest BCUT2D eigenvalue weighted by atomic mass is 9.92. The maximum atomic E-state index is 3.98. The van der Waals surface area contributed by atoms with Gasteiger partial charge >= 0.3 is 0 Å². The van der Waals surface area contributed by atoms with Crippen LogP contribution in [0.3, 0.4) is 0 Å². The van der Waals surface area contributed by atoms with Crippen molar-refractivity contribution in [1.29, 1.82) is 0 Å². The Labute approximate surface area is 137 Å². The first-order chi connectivity index (χ1) is 9.65. The molecule has 0 saturated carbocycles. The van der Waals surface area contributed by atoms with Crippen molar-refractivity contribution in [2.75, 3.05) is 0 Å². The van der Waals surface area contributed by atoms with Crippen molar-refractivity contribution in [1.82, 2.24) is 0 Å². The summed E-state index contributed by atoms with van der Waals surface area (Å²) in [5.74, 6) is 0.376. The number of allylic oxidation sites excluding steroid dienone is 6. The monoisotopic (exact) mass is 378 g/mol. The molecule has 0 bridgehead atoms. The molecule has 0 aliphatic heterocycles. The average Bonchev–Trinajstić information content (AvgIpc) is 2.45. The Morgan fingerprint density at radius 3 is 2.60 bits per heavy atom. The zero-order chi connectivity index (χ0) is 15.0. The number of hydrogen-bond donors (Lipinski definition) is 0. The lowest BCUT2D eigenvalue weighted by molar-refractivity contribution is 0.863. The molecule has 0 amide bonds. The van der Waals surface area contributed by atoms with Crippen LogP contribution >= 0.6 is 22.6 Å². The standard InChI is InChI=1S/C19H23I/c1-5-9-11-16(8-4)18-12-17(13-19(20)14-18)15(7-3)10-6-2/h5-6,8-10,12-14,16H,2,4,7,11H2,1,3H3/b9-5-,15-10+. The summed E-state index contributed by atoms with van der Waals surface area (Å²) in [5.41, 5.74) is 3.96. The van der Waals surface area contributed by atoms with Crippen LogP contribution in [0.2, 0.25) is 0 Å². The van der Waals surface area contributed by atoms with E-state index in [1.54, 1.807) is 0 Å². The first-order valence-corrected chi connectivity index (χ1v) is 8.10. The van der Waals surface area contributed by atoms with E-state index in [1.165, 1.54) is 20.3 Å². The van der Waals surface area contributed by atoms with E-state index in [0.29, 0.717) is 5.92 Å². The van der Waals surface area contributed by atoms with Gasteiger partial charge in [0.25, 0.3) is 0 Å². The number of halogens is 1. The molecule has 1 aromatic rings. The molecule has 1 unspecified atom stereocenters. The normalized spacial score (nSPS) is 13.4. The molecule has 1 atom stereocenters. The zero-order valence-corrected chi connectivity index (χ0v) is 14.6. The summed E-state index contributed by atoms with van der Waals surface area (Å²) in [4.78, 5) is 0. The highest BCUT2D eigenvalue weighted by molar-refractivity contribution is 14.1. The molecule has 1 rings (SSSR count). The molecule has 0 aliphatic rings. The van der Waals surface area contributed by atoms with Crippen LogP contribution in [-0.4, -0.2) is 0 Å². The van der Waals surface area contributed by atoms with Crippen molar-refractivity contribution in [3.63, 3.8) is 0 Å². The van der Waals surface area contributed by atoms with Crippen LogP contribution in [0, 0.1) is 3.57 Å². The summed E-state index contributed by atoms with van der Waals surface area (Å²) in [5, 5.41) is 0. The van der Waals surface area contributed by atoms with Crippen LogP contribution in [0.5, 0.6) is 0 Å². The second-order valence-corrected chi connectivity index (χ2v) is 5.95. The minimum absolute atomic E-state index is 0.376. The minimum Gasteiger partial charge on any atom is -0.102 e. The molecule has 0 heterocycles. The van der Waals surface area contributed by atoms with Crippen molar-refractivity contribution < 1.29 is 0 Å². The Morgan fingerprint density at radius 1 is 1.30 bits per heavy atom. The fourth-order valence-electron chi connectivity index (χ4n) is 2.22. The lowest BCUT2D eigenvalue weighted by Crippen LogP contribution is -1.96. The van der Waals surface area contributed by atoms with E-state index in [2.05, 4.69) is 86.0 Å². The molecule has 0 saturated heterocycles. The fraction of sp³-hybridized carbons (Fsp3) is 0.263. The van der Waals surface area contributed by atoms with E-state index in [0.717, 1.165) is 12.8 Å². The predicted molar refractivity (Wildman–Crippen MR) is 100.0 cm³/mol. The van der Waals surface area contributed by atoms with E-state index in [4.69, 9.17) is 0 Å². The van der Waals surface area contributed by atoms with Gasteiger partial charge in [0, 0.05) is 9.49 Å². The average molecular weight is 378 g/mol. The highest BCUT2D eigenvalue weighted by Gasteiger charge is 2.09. The quantitative estimate of drug-likeness (QED) is 0.288. The molecule has 0 radical (unpaired) electrons. The van der Waals surface area contributed by atoms with Gasteiger partial charge in [0.1, 0.15) is 0 Å². The highest BCUT2D eigenvalue weighted by atomic mass is 127. The van der Waals surface area contributed by atoms with Gasteiger partial charge in [-0.15, -0.1) is 6.58 Å². The van der Waals surface area contributed by atoms with Crippen LogP contribution in [0.4, 0.5) is 0 Å². The second-order valence-electron chi connectivity index (χ2n) is 4.70. The summed E-state index contributed by atoms with van der Waals surface area (Å²) in [6.07, 6.45) is 12.3. The van der Waals surface area contributed by atoms with E-state index in [9.17, 15) is 0 Å². The Morgan fingerprint density at radius 2 is 2.05 bits per heavy atom.